The normalized spacial score (nSPS) is 13.2. The number of methoxy groups -OCH3 is 1. The number of sulfone groups is 1. The average molecular weight is 313 g/mol. The molecule has 0 spiro atoms. The van der Waals surface area contributed by atoms with Crippen LogP contribution in [0.2, 0.25) is 0 Å². The minimum absolute atomic E-state index is 0.0507. The molecule has 5 nitrogen and oxygen atoms in total. The number of carbonyl (C=O) groups is 1. The lowest BCUT2D eigenvalue weighted by atomic mass is 10.1. The molecule has 1 aromatic rings. The van der Waals surface area contributed by atoms with E-state index in [4.69, 9.17) is 0 Å². The van der Waals surface area contributed by atoms with Crippen LogP contribution < -0.4 is 0 Å². The molecule has 0 fully saturated rings. The lowest BCUT2D eigenvalue weighted by Gasteiger charge is -2.27. The van der Waals surface area contributed by atoms with Crippen LogP contribution in [-0.2, 0) is 21.1 Å². The Morgan fingerprint density at radius 1 is 1.29 bits per heavy atom. The molecule has 1 unspecified atom stereocenters. The first-order valence-electron chi connectivity index (χ1n) is 6.86. The quantitative estimate of drug-likeness (QED) is 0.717. The van der Waals surface area contributed by atoms with Gasteiger partial charge in [-0.2, -0.15) is 0 Å². The van der Waals surface area contributed by atoms with Crippen molar-refractivity contribution in [3.05, 3.63) is 35.4 Å². The van der Waals surface area contributed by atoms with Crippen LogP contribution >= 0.6 is 0 Å². The highest BCUT2D eigenvalue weighted by Gasteiger charge is 2.17. The molecule has 0 bridgehead atoms. The van der Waals surface area contributed by atoms with E-state index in [0.29, 0.717) is 12.1 Å². The van der Waals surface area contributed by atoms with E-state index in [1.54, 1.807) is 12.1 Å². The summed E-state index contributed by atoms with van der Waals surface area (Å²) >= 11 is 0. The molecule has 0 heterocycles. The molecular formula is C15H23NO4S. The van der Waals surface area contributed by atoms with Gasteiger partial charge in [-0.05, 0) is 31.2 Å². The van der Waals surface area contributed by atoms with Crippen molar-refractivity contribution in [2.24, 2.45) is 0 Å². The van der Waals surface area contributed by atoms with Gasteiger partial charge in [-0.1, -0.05) is 19.1 Å². The van der Waals surface area contributed by atoms with Gasteiger partial charge in [0.15, 0.2) is 0 Å². The SMILES string of the molecule is CCN(Cc1ccc(C(=O)OC)cc1)C(C)CS(C)(=O)=O. The zero-order valence-corrected chi connectivity index (χ0v) is 13.8. The van der Waals surface area contributed by atoms with Gasteiger partial charge in [0.1, 0.15) is 9.84 Å². The Kier molecular flexibility index (Phi) is 6.36. The van der Waals surface area contributed by atoms with E-state index in [-0.39, 0.29) is 17.8 Å². The summed E-state index contributed by atoms with van der Waals surface area (Å²) in [5.41, 5.74) is 1.54. The van der Waals surface area contributed by atoms with Crippen LogP contribution in [0.4, 0.5) is 0 Å². The molecule has 1 aromatic carbocycles. The van der Waals surface area contributed by atoms with Gasteiger partial charge in [-0.25, -0.2) is 13.2 Å². The van der Waals surface area contributed by atoms with Crippen LogP contribution in [0.25, 0.3) is 0 Å². The molecule has 21 heavy (non-hydrogen) atoms. The van der Waals surface area contributed by atoms with Crippen LogP contribution in [0.5, 0.6) is 0 Å². The van der Waals surface area contributed by atoms with Crippen LogP contribution in [0, 0.1) is 0 Å². The first-order valence-corrected chi connectivity index (χ1v) is 8.92. The first kappa shape index (κ1) is 17.7. The lowest BCUT2D eigenvalue weighted by molar-refractivity contribution is 0.0600. The van der Waals surface area contributed by atoms with E-state index in [0.717, 1.165) is 12.1 Å². The predicted octanol–water partition coefficient (Wildman–Crippen LogP) is 1.73. The Labute approximate surface area is 126 Å². The Bertz CT molecular complexity index is 566. The summed E-state index contributed by atoms with van der Waals surface area (Å²) in [5.74, 6) is -0.222. The second kappa shape index (κ2) is 7.56. The molecule has 0 aliphatic carbocycles. The highest BCUT2D eigenvalue weighted by Crippen LogP contribution is 2.11. The van der Waals surface area contributed by atoms with Gasteiger partial charge >= 0.3 is 5.97 Å². The van der Waals surface area contributed by atoms with Crippen molar-refractivity contribution in [1.82, 2.24) is 4.90 Å². The van der Waals surface area contributed by atoms with Gasteiger partial charge in [0.25, 0.3) is 0 Å². The summed E-state index contributed by atoms with van der Waals surface area (Å²) in [6, 6.07) is 7.11. The van der Waals surface area contributed by atoms with Gasteiger partial charge in [0, 0.05) is 18.8 Å². The third-order valence-corrected chi connectivity index (χ3v) is 4.42. The van der Waals surface area contributed by atoms with E-state index in [1.807, 2.05) is 26.0 Å². The molecule has 0 saturated heterocycles. The smallest absolute Gasteiger partial charge is 0.337 e. The van der Waals surface area contributed by atoms with Crippen molar-refractivity contribution in [3.63, 3.8) is 0 Å². The molecule has 118 valence electrons. The van der Waals surface area contributed by atoms with E-state index < -0.39 is 9.84 Å². The van der Waals surface area contributed by atoms with E-state index in [1.165, 1.54) is 13.4 Å². The standard InChI is InChI=1S/C15H23NO4S/c1-5-16(12(2)11-21(4,18)19)10-13-6-8-14(9-7-13)15(17)20-3/h6-9,12H,5,10-11H2,1-4H3. The third-order valence-electron chi connectivity index (χ3n) is 3.33. The van der Waals surface area contributed by atoms with Crippen molar-refractivity contribution in [2.45, 2.75) is 26.4 Å². The van der Waals surface area contributed by atoms with E-state index in [9.17, 15) is 13.2 Å². The largest absolute Gasteiger partial charge is 0.465 e. The molecular weight excluding hydrogens is 290 g/mol. The molecule has 0 aliphatic heterocycles. The van der Waals surface area contributed by atoms with E-state index in [2.05, 4.69) is 9.64 Å². The number of hydrogen-bond acceptors (Lipinski definition) is 5. The van der Waals surface area contributed by atoms with Crippen molar-refractivity contribution >= 4 is 15.8 Å². The maximum Gasteiger partial charge on any atom is 0.337 e. The Morgan fingerprint density at radius 2 is 1.86 bits per heavy atom. The Morgan fingerprint density at radius 3 is 2.29 bits per heavy atom. The molecule has 1 atom stereocenters. The number of esters is 1. The average Bonchev–Trinajstić information content (AvgIpc) is 2.42. The predicted molar refractivity (Wildman–Crippen MR) is 83.0 cm³/mol. The van der Waals surface area contributed by atoms with Crippen molar-refractivity contribution in [3.8, 4) is 0 Å². The van der Waals surface area contributed by atoms with Crippen LogP contribution in [-0.4, -0.2) is 51.0 Å². The zero-order valence-electron chi connectivity index (χ0n) is 13.0. The lowest BCUT2D eigenvalue weighted by Crippen LogP contribution is -2.37. The monoisotopic (exact) mass is 313 g/mol. The number of nitrogens with zero attached hydrogens (tertiary/aromatic N) is 1. The van der Waals surface area contributed by atoms with Gasteiger partial charge < -0.3 is 4.74 Å². The number of carbonyl (C=O) groups excluding carboxylic acids is 1. The highest BCUT2D eigenvalue weighted by atomic mass is 32.2. The fourth-order valence-corrected chi connectivity index (χ4v) is 3.31. The maximum atomic E-state index is 11.4. The van der Waals surface area contributed by atoms with E-state index >= 15 is 0 Å². The summed E-state index contributed by atoms with van der Waals surface area (Å²) in [7, 11) is -1.65. The Hall–Kier alpha value is -1.40. The van der Waals surface area contributed by atoms with Gasteiger partial charge in [-0.15, -0.1) is 0 Å². The second-order valence-corrected chi connectivity index (χ2v) is 7.38. The first-order chi connectivity index (χ1) is 9.76. The van der Waals surface area contributed by atoms with Crippen molar-refractivity contribution in [2.75, 3.05) is 25.7 Å². The summed E-state index contributed by atoms with van der Waals surface area (Å²) in [6.07, 6.45) is 1.25. The van der Waals surface area contributed by atoms with Gasteiger partial charge in [0.05, 0.1) is 18.4 Å². The number of benzene rings is 1. The molecule has 0 amide bonds. The van der Waals surface area contributed by atoms with Crippen LogP contribution in [0.1, 0.15) is 29.8 Å². The zero-order chi connectivity index (χ0) is 16.0. The summed E-state index contributed by atoms with van der Waals surface area (Å²) in [5, 5.41) is 0. The number of rotatable bonds is 7. The third kappa shape index (κ3) is 5.85. The molecule has 0 aliphatic rings. The highest BCUT2D eigenvalue weighted by molar-refractivity contribution is 7.90. The van der Waals surface area contributed by atoms with Gasteiger partial charge in [0.2, 0.25) is 0 Å². The number of ether oxygens (including phenoxy) is 1. The minimum Gasteiger partial charge on any atom is -0.465 e. The Balaban J connectivity index is 2.75. The fourth-order valence-electron chi connectivity index (χ4n) is 2.22. The summed E-state index contributed by atoms with van der Waals surface area (Å²) in [6.45, 7) is 5.32. The second-order valence-electron chi connectivity index (χ2n) is 5.19. The fraction of sp³-hybridized carbons (Fsp3) is 0.533. The molecule has 6 heteroatoms. The maximum absolute atomic E-state index is 11.4. The van der Waals surface area contributed by atoms with Crippen molar-refractivity contribution in [1.29, 1.82) is 0 Å². The molecule has 0 aromatic heterocycles. The summed E-state index contributed by atoms with van der Waals surface area (Å²) < 4.78 is 27.4. The number of hydrogen-bond donors (Lipinski definition) is 0. The molecule has 0 saturated carbocycles. The van der Waals surface area contributed by atoms with Crippen molar-refractivity contribution < 1.29 is 17.9 Å². The molecule has 1 rings (SSSR count). The molecule has 0 N–H and O–H groups in total. The van der Waals surface area contributed by atoms with Crippen LogP contribution in [0.15, 0.2) is 24.3 Å². The van der Waals surface area contributed by atoms with Gasteiger partial charge in [-0.3, -0.25) is 4.90 Å². The molecule has 0 radical (unpaired) electrons. The minimum atomic E-state index is -2.99. The summed E-state index contributed by atoms with van der Waals surface area (Å²) in [4.78, 5) is 13.5. The topological polar surface area (TPSA) is 63.7 Å². The van der Waals surface area contributed by atoms with Crippen LogP contribution in [0.3, 0.4) is 0 Å².